The van der Waals surface area contributed by atoms with Crippen molar-refractivity contribution in [3.63, 3.8) is 0 Å². The molecule has 0 aromatic heterocycles. The molecule has 0 radical (unpaired) electrons. The zero-order chi connectivity index (χ0) is 58.5. The monoisotopic (exact) mass is 1120 g/mol. The standard InChI is InChI=1S/C75H126O6/c1-4-7-10-13-16-19-22-25-28-30-32-34-35-36-37-38-39-41-42-44-47-50-53-56-59-62-65-68-74(77)80-71-72(70-79-73(76)67-64-61-58-55-52-49-46-27-24-21-18-15-12-9-6-3)81-75(78)69-66-63-60-57-54-51-48-45-43-40-33-31-29-26-23-20-17-14-11-8-5-2/h9,12,18,21-23,25-27,30-33,35-36,46,52,55,61,64,72H,4-8,10-11,13-17,19-20,24,28-29,34,37-45,47-51,53-54,56-60,62-63,65-71H2,1-3H3/b12-9-,21-18-,25-22-,26-23-,32-30-,33-31-,36-35-,46-27-,55-52-,64-61-. The Morgan fingerprint density at radius 3 is 0.864 bits per heavy atom. The first kappa shape index (κ1) is 76.8. The number of unbranched alkanes of at least 4 members (excludes halogenated alkanes) is 31. The van der Waals surface area contributed by atoms with Crippen LogP contribution in [0.2, 0.25) is 0 Å². The van der Waals surface area contributed by atoms with Crippen molar-refractivity contribution in [2.75, 3.05) is 13.2 Å². The second kappa shape index (κ2) is 68.3. The second-order valence-electron chi connectivity index (χ2n) is 22.4. The molecule has 0 aliphatic heterocycles. The molecule has 0 aliphatic carbocycles. The summed E-state index contributed by atoms with van der Waals surface area (Å²) in [4.78, 5) is 38.3. The lowest BCUT2D eigenvalue weighted by atomic mass is 10.0. The van der Waals surface area contributed by atoms with Crippen molar-refractivity contribution in [2.24, 2.45) is 0 Å². The summed E-state index contributed by atoms with van der Waals surface area (Å²) in [7, 11) is 0. The van der Waals surface area contributed by atoms with Gasteiger partial charge in [-0.1, -0.05) is 303 Å². The molecule has 0 aromatic rings. The van der Waals surface area contributed by atoms with E-state index in [4.69, 9.17) is 14.2 Å². The van der Waals surface area contributed by atoms with E-state index in [1.807, 2.05) is 6.08 Å². The van der Waals surface area contributed by atoms with Gasteiger partial charge >= 0.3 is 17.9 Å². The molecule has 1 atom stereocenters. The van der Waals surface area contributed by atoms with E-state index in [0.717, 1.165) is 89.9 Å². The van der Waals surface area contributed by atoms with Gasteiger partial charge in [-0.15, -0.1) is 0 Å². The van der Waals surface area contributed by atoms with Crippen molar-refractivity contribution in [1.29, 1.82) is 0 Å². The van der Waals surface area contributed by atoms with E-state index in [0.29, 0.717) is 12.8 Å². The predicted octanol–water partition coefficient (Wildman–Crippen LogP) is 23.6. The molecule has 6 heteroatoms. The average molecular weight is 1120 g/mol. The highest BCUT2D eigenvalue weighted by Crippen LogP contribution is 2.16. The average Bonchev–Trinajstić information content (AvgIpc) is 3.47. The fourth-order valence-corrected chi connectivity index (χ4v) is 9.38. The number of esters is 3. The Labute approximate surface area is 501 Å². The summed E-state index contributed by atoms with van der Waals surface area (Å²) in [5.74, 6) is -1.04. The number of carbonyl (C=O) groups excluding carboxylic acids is 3. The quantitative estimate of drug-likeness (QED) is 0.0261. The van der Waals surface area contributed by atoms with Crippen LogP contribution in [0, 0.1) is 0 Å². The normalized spacial score (nSPS) is 12.9. The molecular formula is C75H126O6. The predicted molar refractivity (Wildman–Crippen MR) is 353 cm³/mol. The van der Waals surface area contributed by atoms with Gasteiger partial charge in [0.15, 0.2) is 6.10 Å². The Morgan fingerprint density at radius 1 is 0.272 bits per heavy atom. The number of rotatable bonds is 61. The first-order valence-corrected chi connectivity index (χ1v) is 34.0. The number of allylic oxidation sites excluding steroid dienone is 19. The molecule has 81 heavy (non-hydrogen) atoms. The van der Waals surface area contributed by atoms with Gasteiger partial charge in [0.05, 0.1) is 6.42 Å². The highest BCUT2D eigenvalue weighted by molar-refractivity contribution is 5.72. The minimum absolute atomic E-state index is 0.112. The van der Waals surface area contributed by atoms with Crippen molar-refractivity contribution in [3.8, 4) is 0 Å². The summed E-state index contributed by atoms with van der Waals surface area (Å²) >= 11 is 0. The third-order valence-electron chi connectivity index (χ3n) is 14.5. The lowest BCUT2D eigenvalue weighted by Crippen LogP contribution is -2.30. The summed E-state index contributed by atoms with van der Waals surface area (Å²) < 4.78 is 16.8. The molecule has 0 aliphatic rings. The van der Waals surface area contributed by atoms with Crippen LogP contribution in [0.5, 0.6) is 0 Å². The summed E-state index contributed by atoms with van der Waals surface area (Å²) in [6, 6.07) is 0. The summed E-state index contributed by atoms with van der Waals surface area (Å²) in [6.45, 7) is 6.44. The molecule has 0 saturated heterocycles. The Kier molecular flexibility index (Phi) is 64.8. The lowest BCUT2D eigenvalue weighted by Gasteiger charge is -2.18. The van der Waals surface area contributed by atoms with Gasteiger partial charge in [0.1, 0.15) is 13.2 Å². The van der Waals surface area contributed by atoms with Crippen LogP contribution >= 0.6 is 0 Å². The lowest BCUT2D eigenvalue weighted by molar-refractivity contribution is -0.166. The SMILES string of the molecule is CC/C=C\C/C=C\C/C=C\C/C=C\C/C=C\CC(=O)OCC(COC(=O)CCCCCCCCCCCCCC/C=C\C/C=C\C/C=C\CCCCCCC)OC(=O)CCCCCCCCCCC/C=C\C/C=C\CCCCCCC. The fraction of sp³-hybridized carbons (Fsp3) is 0.693. The van der Waals surface area contributed by atoms with Crippen molar-refractivity contribution < 1.29 is 28.6 Å². The minimum Gasteiger partial charge on any atom is -0.462 e. The van der Waals surface area contributed by atoms with Crippen molar-refractivity contribution in [3.05, 3.63) is 122 Å². The first-order chi connectivity index (χ1) is 40.0. The molecule has 6 nitrogen and oxygen atoms in total. The van der Waals surface area contributed by atoms with Crippen LogP contribution in [-0.4, -0.2) is 37.2 Å². The molecule has 0 bridgehead atoms. The molecule has 1 unspecified atom stereocenters. The molecule has 462 valence electrons. The number of carbonyl (C=O) groups is 3. The van der Waals surface area contributed by atoms with Crippen LogP contribution in [0.4, 0.5) is 0 Å². The van der Waals surface area contributed by atoms with Crippen molar-refractivity contribution in [1.82, 2.24) is 0 Å². The van der Waals surface area contributed by atoms with Gasteiger partial charge < -0.3 is 14.2 Å². The zero-order valence-electron chi connectivity index (χ0n) is 53.0. The highest BCUT2D eigenvalue weighted by atomic mass is 16.6. The van der Waals surface area contributed by atoms with Crippen LogP contribution in [0.1, 0.15) is 316 Å². The maximum Gasteiger partial charge on any atom is 0.309 e. The maximum absolute atomic E-state index is 12.9. The largest absolute Gasteiger partial charge is 0.462 e. The Bertz CT molecular complexity index is 1670. The fourth-order valence-electron chi connectivity index (χ4n) is 9.38. The third-order valence-corrected chi connectivity index (χ3v) is 14.5. The van der Waals surface area contributed by atoms with Gasteiger partial charge in [-0.25, -0.2) is 0 Å². The van der Waals surface area contributed by atoms with Crippen LogP contribution in [-0.2, 0) is 28.6 Å². The third kappa shape index (κ3) is 66.5. The topological polar surface area (TPSA) is 78.9 Å². The number of ether oxygens (including phenoxy) is 3. The Balaban J connectivity index is 4.39. The van der Waals surface area contributed by atoms with Crippen LogP contribution < -0.4 is 0 Å². The van der Waals surface area contributed by atoms with Gasteiger partial charge in [-0.3, -0.25) is 14.4 Å². The van der Waals surface area contributed by atoms with Gasteiger partial charge in [-0.05, 0) is 116 Å². The van der Waals surface area contributed by atoms with E-state index in [-0.39, 0.29) is 31.6 Å². The van der Waals surface area contributed by atoms with E-state index in [2.05, 4.69) is 130 Å². The number of hydrogen-bond acceptors (Lipinski definition) is 6. The molecule has 0 aromatic carbocycles. The molecule has 0 rings (SSSR count). The van der Waals surface area contributed by atoms with E-state index in [1.165, 1.54) is 186 Å². The maximum atomic E-state index is 12.9. The molecule has 0 fully saturated rings. The zero-order valence-corrected chi connectivity index (χ0v) is 53.0. The molecule has 0 N–H and O–H groups in total. The van der Waals surface area contributed by atoms with Crippen LogP contribution in [0.3, 0.4) is 0 Å². The Morgan fingerprint density at radius 2 is 0.531 bits per heavy atom. The summed E-state index contributed by atoms with van der Waals surface area (Å²) in [6.07, 6.45) is 95.3. The van der Waals surface area contributed by atoms with Crippen molar-refractivity contribution in [2.45, 2.75) is 322 Å². The molecule has 0 amide bonds. The first-order valence-electron chi connectivity index (χ1n) is 34.0. The van der Waals surface area contributed by atoms with Gasteiger partial charge in [-0.2, -0.15) is 0 Å². The Hall–Kier alpha value is -4.19. The summed E-state index contributed by atoms with van der Waals surface area (Å²) in [5, 5.41) is 0. The molecular weight excluding hydrogens is 997 g/mol. The highest BCUT2D eigenvalue weighted by Gasteiger charge is 2.19. The van der Waals surface area contributed by atoms with E-state index < -0.39 is 12.1 Å². The van der Waals surface area contributed by atoms with Gasteiger partial charge in [0, 0.05) is 12.8 Å². The minimum atomic E-state index is -0.826. The molecule has 0 heterocycles. The van der Waals surface area contributed by atoms with E-state index >= 15 is 0 Å². The summed E-state index contributed by atoms with van der Waals surface area (Å²) in [5.41, 5.74) is 0. The van der Waals surface area contributed by atoms with Crippen LogP contribution in [0.15, 0.2) is 122 Å². The van der Waals surface area contributed by atoms with Gasteiger partial charge in [0.2, 0.25) is 0 Å². The van der Waals surface area contributed by atoms with Gasteiger partial charge in [0.25, 0.3) is 0 Å². The van der Waals surface area contributed by atoms with E-state index in [9.17, 15) is 14.4 Å². The smallest absolute Gasteiger partial charge is 0.309 e. The molecule has 0 saturated carbocycles. The van der Waals surface area contributed by atoms with E-state index in [1.54, 1.807) is 6.08 Å². The number of hydrogen-bond donors (Lipinski definition) is 0. The van der Waals surface area contributed by atoms with Crippen LogP contribution in [0.25, 0.3) is 0 Å². The second-order valence-corrected chi connectivity index (χ2v) is 22.4. The van der Waals surface area contributed by atoms with Crippen molar-refractivity contribution >= 4 is 17.9 Å². The molecule has 0 spiro atoms.